The minimum atomic E-state index is -0.626. The van der Waals surface area contributed by atoms with Crippen molar-refractivity contribution in [2.75, 3.05) is 0 Å². The summed E-state index contributed by atoms with van der Waals surface area (Å²) in [5, 5.41) is 9.68. The maximum Gasteiger partial charge on any atom is 0.314 e. The molecule has 0 atom stereocenters. The van der Waals surface area contributed by atoms with Crippen LogP contribution in [-0.2, 0) is 23.1 Å². The number of hydrogen-bond donors (Lipinski definition) is 1. The van der Waals surface area contributed by atoms with Crippen molar-refractivity contribution < 1.29 is 9.90 Å². The summed E-state index contributed by atoms with van der Waals surface area (Å²) in [7, 11) is 0. The lowest BCUT2D eigenvalue weighted by molar-refractivity contribution is -0.143. The highest BCUT2D eigenvalue weighted by molar-refractivity contribution is 5.82. The second kappa shape index (κ2) is 4.99. The summed E-state index contributed by atoms with van der Waals surface area (Å²) < 4.78 is 0. The Kier molecular flexibility index (Phi) is 3.34. The first kappa shape index (κ1) is 12.7. The minimum Gasteiger partial charge on any atom is -0.481 e. The molecule has 3 rings (SSSR count). The van der Waals surface area contributed by atoms with Crippen molar-refractivity contribution in [1.29, 1.82) is 0 Å². The van der Waals surface area contributed by atoms with Crippen LogP contribution in [0.3, 0.4) is 0 Å². The SMILES string of the molecule is O=C(O)C1(c2ccc3c(c2)CCCCC3)CCCC1. The monoisotopic (exact) mass is 258 g/mol. The fourth-order valence-electron chi connectivity index (χ4n) is 3.81. The van der Waals surface area contributed by atoms with Gasteiger partial charge in [0.1, 0.15) is 0 Å². The molecule has 1 N–H and O–H groups in total. The molecular weight excluding hydrogens is 236 g/mol. The number of rotatable bonds is 2. The van der Waals surface area contributed by atoms with Gasteiger partial charge in [0.25, 0.3) is 0 Å². The summed E-state index contributed by atoms with van der Waals surface area (Å²) in [4.78, 5) is 11.8. The van der Waals surface area contributed by atoms with Gasteiger partial charge in [-0.15, -0.1) is 0 Å². The molecule has 0 amide bonds. The van der Waals surface area contributed by atoms with E-state index < -0.39 is 11.4 Å². The molecule has 0 saturated heterocycles. The average molecular weight is 258 g/mol. The molecule has 2 nitrogen and oxygen atoms in total. The van der Waals surface area contributed by atoms with Gasteiger partial charge in [-0.3, -0.25) is 4.79 Å². The topological polar surface area (TPSA) is 37.3 Å². The molecule has 1 saturated carbocycles. The lowest BCUT2D eigenvalue weighted by Crippen LogP contribution is -2.32. The van der Waals surface area contributed by atoms with E-state index in [9.17, 15) is 9.90 Å². The lowest BCUT2D eigenvalue weighted by atomic mass is 9.77. The van der Waals surface area contributed by atoms with Crippen molar-refractivity contribution in [3.05, 3.63) is 34.9 Å². The number of aryl methyl sites for hydroxylation is 2. The molecule has 2 aliphatic carbocycles. The van der Waals surface area contributed by atoms with Gasteiger partial charge < -0.3 is 5.11 Å². The van der Waals surface area contributed by atoms with Gasteiger partial charge in [-0.2, -0.15) is 0 Å². The van der Waals surface area contributed by atoms with Crippen molar-refractivity contribution in [3.63, 3.8) is 0 Å². The van der Waals surface area contributed by atoms with Crippen LogP contribution in [0.4, 0.5) is 0 Å². The molecule has 0 spiro atoms. The summed E-state index contributed by atoms with van der Waals surface area (Å²) in [5.41, 5.74) is 3.31. The van der Waals surface area contributed by atoms with E-state index in [-0.39, 0.29) is 0 Å². The highest BCUT2D eigenvalue weighted by atomic mass is 16.4. The molecule has 0 unspecified atom stereocenters. The van der Waals surface area contributed by atoms with Crippen molar-refractivity contribution >= 4 is 5.97 Å². The summed E-state index contributed by atoms with van der Waals surface area (Å²) in [6.45, 7) is 0. The molecule has 1 fully saturated rings. The third-order valence-electron chi connectivity index (χ3n) is 5.02. The van der Waals surface area contributed by atoms with Crippen LogP contribution in [0.15, 0.2) is 18.2 Å². The fraction of sp³-hybridized carbons (Fsp3) is 0.588. The number of carbonyl (C=O) groups is 1. The predicted molar refractivity (Wildman–Crippen MR) is 75.5 cm³/mol. The number of aliphatic carboxylic acids is 1. The molecule has 0 aromatic heterocycles. The molecule has 0 bridgehead atoms. The van der Waals surface area contributed by atoms with Crippen molar-refractivity contribution in [2.24, 2.45) is 0 Å². The molecule has 1 aromatic rings. The van der Waals surface area contributed by atoms with Gasteiger partial charge >= 0.3 is 5.97 Å². The lowest BCUT2D eigenvalue weighted by Gasteiger charge is -2.25. The van der Waals surface area contributed by atoms with Gasteiger partial charge in [-0.05, 0) is 55.2 Å². The van der Waals surface area contributed by atoms with Crippen LogP contribution in [0.1, 0.15) is 61.6 Å². The van der Waals surface area contributed by atoms with Crippen molar-refractivity contribution in [3.8, 4) is 0 Å². The van der Waals surface area contributed by atoms with Crippen LogP contribution in [0.25, 0.3) is 0 Å². The zero-order valence-electron chi connectivity index (χ0n) is 11.5. The van der Waals surface area contributed by atoms with E-state index in [1.165, 1.54) is 30.4 Å². The van der Waals surface area contributed by atoms with Crippen LogP contribution < -0.4 is 0 Å². The highest BCUT2D eigenvalue weighted by Gasteiger charge is 2.43. The normalized spacial score (nSPS) is 21.7. The molecule has 102 valence electrons. The predicted octanol–water partition coefficient (Wildman–Crippen LogP) is 3.85. The number of hydrogen-bond acceptors (Lipinski definition) is 1. The fourth-order valence-corrected chi connectivity index (χ4v) is 3.81. The van der Waals surface area contributed by atoms with E-state index in [4.69, 9.17) is 0 Å². The molecule has 0 radical (unpaired) electrons. The van der Waals surface area contributed by atoms with Gasteiger partial charge in [0.15, 0.2) is 0 Å². The minimum absolute atomic E-state index is 0.596. The molecule has 19 heavy (non-hydrogen) atoms. The summed E-state index contributed by atoms with van der Waals surface area (Å²) in [5.74, 6) is -0.626. The molecule has 2 aliphatic rings. The summed E-state index contributed by atoms with van der Waals surface area (Å²) in [6, 6.07) is 6.49. The zero-order valence-corrected chi connectivity index (χ0v) is 11.5. The van der Waals surface area contributed by atoms with E-state index in [0.29, 0.717) is 0 Å². The second-order valence-electron chi connectivity index (χ2n) is 6.14. The van der Waals surface area contributed by atoms with E-state index >= 15 is 0 Å². The highest BCUT2D eigenvalue weighted by Crippen LogP contribution is 2.42. The Morgan fingerprint density at radius 2 is 1.63 bits per heavy atom. The maximum atomic E-state index is 11.8. The Morgan fingerprint density at radius 3 is 2.32 bits per heavy atom. The summed E-state index contributed by atoms with van der Waals surface area (Å²) in [6.07, 6.45) is 9.81. The first-order valence-corrected chi connectivity index (χ1v) is 7.58. The molecule has 2 heteroatoms. The van der Waals surface area contributed by atoms with Gasteiger partial charge in [0.2, 0.25) is 0 Å². The van der Waals surface area contributed by atoms with Gasteiger partial charge in [0.05, 0.1) is 5.41 Å². The van der Waals surface area contributed by atoms with Crippen molar-refractivity contribution in [1.82, 2.24) is 0 Å². The third-order valence-corrected chi connectivity index (χ3v) is 5.02. The Bertz CT molecular complexity index is 484. The molecule has 0 aliphatic heterocycles. The van der Waals surface area contributed by atoms with E-state index in [0.717, 1.165) is 44.1 Å². The van der Waals surface area contributed by atoms with Crippen LogP contribution in [0.5, 0.6) is 0 Å². The van der Waals surface area contributed by atoms with Gasteiger partial charge in [0, 0.05) is 0 Å². The molecule has 1 aromatic carbocycles. The van der Waals surface area contributed by atoms with Crippen LogP contribution in [0, 0.1) is 0 Å². The number of carboxylic acid groups (broad SMARTS) is 1. The second-order valence-corrected chi connectivity index (χ2v) is 6.14. The molecule has 0 heterocycles. The van der Waals surface area contributed by atoms with Crippen molar-refractivity contribution in [2.45, 2.75) is 63.2 Å². The van der Waals surface area contributed by atoms with Crippen LogP contribution in [-0.4, -0.2) is 11.1 Å². The van der Waals surface area contributed by atoms with E-state index in [1.54, 1.807) is 0 Å². The standard InChI is InChI=1S/C17H22O2/c18-16(19)17(10-4-5-11-17)15-9-8-13-6-2-1-3-7-14(13)12-15/h8-9,12H,1-7,10-11H2,(H,18,19). The largest absolute Gasteiger partial charge is 0.481 e. The Morgan fingerprint density at radius 1 is 0.947 bits per heavy atom. The Hall–Kier alpha value is -1.31. The van der Waals surface area contributed by atoms with E-state index in [2.05, 4.69) is 18.2 Å². The van der Waals surface area contributed by atoms with Crippen LogP contribution >= 0.6 is 0 Å². The van der Waals surface area contributed by atoms with Gasteiger partial charge in [-0.1, -0.05) is 37.5 Å². The quantitative estimate of drug-likeness (QED) is 0.818. The Balaban J connectivity index is 2.01. The van der Waals surface area contributed by atoms with Gasteiger partial charge in [-0.25, -0.2) is 0 Å². The molecular formula is C17H22O2. The Labute approximate surface area is 114 Å². The summed E-state index contributed by atoms with van der Waals surface area (Å²) >= 11 is 0. The maximum absolute atomic E-state index is 11.8. The number of fused-ring (bicyclic) bond motifs is 1. The van der Waals surface area contributed by atoms with Crippen LogP contribution in [0.2, 0.25) is 0 Å². The smallest absolute Gasteiger partial charge is 0.314 e. The average Bonchev–Trinajstić information content (AvgIpc) is 2.79. The number of benzene rings is 1. The third kappa shape index (κ3) is 2.18. The zero-order chi connectivity index (χ0) is 13.3. The first-order chi connectivity index (χ1) is 9.22. The van der Waals surface area contributed by atoms with E-state index in [1.807, 2.05) is 0 Å². The number of carboxylic acids is 1. The first-order valence-electron chi connectivity index (χ1n) is 7.58.